The zero-order valence-electron chi connectivity index (χ0n) is 14.2. The van der Waals surface area contributed by atoms with Gasteiger partial charge in [-0.25, -0.2) is 0 Å². The van der Waals surface area contributed by atoms with Gasteiger partial charge in [0.05, 0.1) is 5.70 Å². The molecule has 128 valence electrons. The van der Waals surface area contributed by atoms with Crippen LogP contribution in [0.3, 0.4) is 0 Å². The molecule has 0 aromatic carbocycles. The van der Waals surface area contributed by atoms with Gasteiger partial charge in [0.2, 0.25) is 0 Å². The first-order valence-corrected chi connectivity index (χ1v) is 8.92. The van der Waals surface area contributed by atoms with Gasteiger partial charge < -0.3 is 16.0 Å². The first-order valence-electron chi connectivity index (χ1n) is 7.46. The molecule has 0 aliphatic carbocycles. The Morgan fingerprint density at radius 2 is 2.17 bits per heavy atom. The van der Waals surface area contributed by atoms with E-state index in [0.29, 0.717) is 5.57 Å². The molecule has 0 radical (unpaired) electrons. The molecule has 0 spiro atoms. The van der Waals surface area contributed by atoms with Crippen LogP contribution in [-0.4, -0.2) is 28.3 Å². The van der Waals surface area contributed by atoms with Crippen LogP contribution in [0.25, 0.3) is 5.70 Å². The number of nitrogens with two attached hydrogens (primary N) is 1. The average Bonchev–Trinajstić information content (AvgIpc) is 2.85. The average molecular weight is 363 g/mol. The Bertz CT molecular complexity index is 717. The zero-order valence-corrected chi connectivity index (χ0v) is 15.9. The lowest BCUT2D eigenvalue weighted by Crippen LogP contribution is -2.41. The molecule has 7 heteroatoms. The summed E-state index contributed by atoms with van der Waals surface area (Å²) in [5.74, 6) is -0.221. The van der Waals surface area contributed by atoms with Gasteiger partial charge in [0.25, 0.3) is 5.91 Å². The highest BCUT2D eigenvalue weighted by Gasteiger charge is 2.28. The number of carbonyl (C=O) groups excluding carboxylic acids is 1. The minimum absolute atomic E-state index is 0.193. The van der Waals surface area contributed by atoms with Gasteiger partial charge in [-0.1, -0.05) is 11.8 Å². The first kappa shape index (κ1) is 18.5. The highest BCUT2D eigenvalue weighted by atomic mass is 32.2. The number of hydrogen-bond donors (Lipinski definition) is 3. The molecule has 1 aliphatic rings. The molecule has 1 atom stereocenters. The Balaban J connectivity index is 2.19. The largest absolute Gasteiger partial charge is 0.405 e. The number of nitrogens with one attached hydrogen (secondary N) is 1. The van der Waals surface area contributed by atoms with Gasteiger partial charge in [0.15, 0.2) is 5.50 Å². The molecule has 1 unspecified atom stereocenters. The highest BCUT2D eigenvalue weighted by Crippen LogP contribution is 2.36. The van der Waals surface area contributed by atoms with E-state index in [9.17, 15) is 4.79 Å². The monoisotopic (exact) mass is 362 g/mol. The second-order valence-electron chi connectivity index (χ2n) is 5.56. The van der Waals surface area contributed by atoms with Crippen molar-refractivity contribution in [1.82, 2.24) is 15.2 Å². The van der Waals surface area contributed by atoms with Crippen molar-refractivity contribution in [2.24, 2.45) is 5.73 Å². The van der Waals surface area contributed by atoms with Gasteiger partial charge >= 0.3 is 0 Å². The predicted molar refractivity (Wildman–Crippen MR) is 104 cm³/mol. The number of hydrogen-bond acceptors (Lipinski definition) is 6. The summed E-state index contributed by atoms with van der Waals surface area (Å²) < 4.78 is 0. The Kier molecular flexibility index (Phi) is 6.01. The molecule has 2 heterocycles. The number of amides is 1. The van der Waals surface area contributed by atoms with Crippen LogP contribution < -0.4 is 11.1 Å². The molecular weight excluding hydrogens is 340 g/mol. The number of aryl methyl sites for hydroxylation is 3. The van der Waals surface area contributed by atoms with Crippen molar-refractivity contribution in [3.8, 4) is 0 Å². The third-order valence-corrected chi connectivity index (χ3v) is 5.08. The normalized spacial score (nSPS) is 18.2. The lowest BCUT2D eigenvalue weighted by molar-refractivity contribution is -0.117. The summed E-state index contributed by atoms with van der Waals surface area (Å²) in [6.07, 6.45) is 2.84. The number of thiol groups is 1. The number of aromatic nitrogens is 1. The molecular formula is C17H22N4OS2. The molecule has 24 heavy (non-hydrogen) atoms. The lowest BCUT2D eigenvalue weighted by atomic mass is 10.0. The van der Waals surface area contributed by atoms with Crippen LogP contribution in [0.5, 0.6) is 0 Å². The number of rotatable bonds is 4. The summed E-state index contributed by atoms with van der Waals surface area (Å²) in [4.78, 5) is 18.9. The molecule has 0 saturated carbocycles. The van der Waals surface area contributed by atoms with Gasteiger partial charge in [0.1, 0.15) is 0 Å². The van der Waals surface area contributed by atoms with Crippen molar-refractivity contribution in [2.75, 3.05) is 7.05 Å². The zero-order chi connectivity index (χ0) is 17.9. The molecule has 0 bridgehead atoms. The van der Waals surface area contributed by atoms with Crippen LogP contribution >= 0.6 is 24.4 Å². The topological polar surface area (TPSA) is 71.2 Å². The molecule has 1 amide bonds. The van der Waals surface area contributed by atoms with Crippen LogP contribution in [0.2, 0.25) is 0 Å². The minimum Gasteiger partial charge on any atom is -0.405 e. The van der Waals surface area contributed by atoms with E-state index in [0.717, 1.165) is 22.6 Å². The van der Waals surface area contributed by atoms with Crippen LogP contribution in [0.1, 0.15) is 22.5 Å². The van der Waals surface area contributed by atoms with Gasteiger partial charge in [-0.15, -0.1) is 0 Å². The maximum atomic E-state index is 12.3. The molecule has 3 N–H and O–H groups in total. The van der Waals surface area contributed by atoms with Crippen molar-refractivity contribution in [2.45, 2.75) is 26.3 Å². The van der Waals surface area contributed by atoms with E-state index in [-0.39, 0.29) is 11.4 Å². The van der Waals surface area contributed by atoms with Crippen molar-refractivity contribution in [3.63, 3.8) is 0 Å². The Morgan fingerprint density at radius 3 is 2.75 bits per heavy atom. The quantitative estimate of drug-likeness (QED) is 0.436. The van der Waals surface area contributed by atoms with Gasteiger partial charge in [0, 0.05) is 29.6 Å². The number of thioether (sulfide) groups is 1. The molecule has 1 aromatic heterocycles. The van der Waals surface area contributed by atoms with Crippen LogP contribution in [0.15, 0.2) is 34.7 Å². The Labute approximate surface area is 152 Å². The molecule has 1 aliphatic heterocycles. The summed E-state index contributed by atoms with van der Waals surface area (Å²) in [6.45, 7) is 6.08. The fraction of sp³-hybridized carbons (Fsp3) is 0.294. The minimum atomic E-state index is -0.221. The third-order valence-electron chi connectivity index (χ3n) is 3.75. The van der Waals surface area contributed by atoms with E-state index in [4.69, 9.17) is 5.73 Å². The number of pyridine rings is 1. The first-order chi connectivity index (χ1) is 11.4. The maximum Gasteiger partial charge on any atom is 0.254 e. The van der Waals surface area contributed by atoms with Crippen LogP contribution in [0, 0.1) is 20.8 Å². The molecule has 5 nitrogen and oxygen atoms in total. The smallest absolute Gasteiger partial charge is 0.254 e. The molecule has 0 saturated heterocycles. The lowest BCUT2D eigenvalue weighted by Gasteiger charge is -2.26. The molecule has 2 rings (SSSR count). The number of nitrogens with zero attached hydrogens (tertiary/aromatic N) is 2. The Hall–Kier alpha value is -1.86. The van der Waals surface area contributed by atoms with E-state index < -0.39 is 0 Å². The summed E-state index contributed by atoms with van der Waals surface area (Å²) in [6, 6.07) is 2.07. The second-order valence-corrected chi connectivity index (χ2v) is 6.77. The van der Waals surface area contributed by atoms with Gasteiger partial charge in [-0.2, -0.15) is 12.6 Å². The van der Waals surface area contributed by atoms with E-state index in [1.54, 1.807) is 11.8 Å². The fourth-order valence-electron chi connectivity index (χ4n) is 2.68. The van der Waals surface area contributed by atoms with Crippen molar-refractivity contribution < 1.29 is 4.79 Å². The van der Waals surface area contributed by atoms with Crippen LogP contribution in [0.4, 0.5) is 0 Å². The predicted octanol–water partition coefficient (Wildman–Crippen LogP) is 2.67. The number of carbonyl (C=O) groups is 1. The Morgan fingerprint density at radius 1 is 1.46 bits per heavy atom. The van der Waals surface area contributed by atoms with E-state index in [2.05, 4.69) is 41.3 Å². The summed E-state index contributed by atoms with van der Waals surface area (Å²) in [5, 5.41) is 6.46. The fourth-order valence-corrected chi connectivity index (χ4v) is 3.90. The van der Waals surface area contributed by atoms with E-state index >= 15 is 0 Å². The highest BCUT2D eigenvalue weighted by molar-refractivity contribution is 8.03. The third kappa shape index (κ3) is 3.79. The second kappa shape index (κ2) is 7.81. The maximum absolute atomic E-state index is 12.3. The van der Waals surface area contributed by atoms with Crippen molar-refractivity contribution in [3.05, 3.63) is 57.2 Å². The van der Waals surface area contributed by atoms with E-state index in [1.165, 1.54) is 23.2 Å². The standard InChI is InChI=1S/C17H22N4OS2/c1-10-7-11(2)19-12(3)15(10)14-9-24-17(21(14)4)20-16(22)13(8-23)5-6-18/h5-9,17,23H,18H2,1-4H3,(H,20,22)/b6-5-,13-8+. The van der Waals surface area contributed by atoms with Gasteiger partial charge in [-0.3, -0.25) is 9.78 Å². The van der Waals surface area contributed by atoms with Crippen LogP contribution in [-0.2, 0) is 4.79 Å². The summed E-state index contributed by atoms with van der Waals surface area (Å²) in [7, 11) is 1.96. The van der Waals surface area contributed by atoms with Crippen molar-refractivity contribution in [1.29, 1.82) is 0 Å². The van der Waals surface area contributed by atoms with Crippen molar-refractivity contribution >= 4 is 36.0 Å². The molecule has 0 fully saturated rings. The van der Waals surface area contributed by atoms with E-state index in [1.807, 2.05) is 25.8 Å². The summed E-state index contributed by atoms with van der Waals surface area (Å²) >= 11 is 5.59. The van der Waals surface area contributed by atoms with Gasteiger partial charge in [-0.05, 0) is 55.5 Å². The SMILES string of the molecule is Cc1cc(C)c(C2=CSC(NC(=O)C(/C=C\N)=C/S)N2C)c(C)n1. The molecule has 1 aromatic rings. The summed E-state index contributed by atoms with van der Waals surface area (Å²) in [5.41, 5.74) is 10.9.